The molecule has 0 aliphatic heterocycles. The molecule has 0 radical (unpaired) electrons. The summed E-state index contributed by atoms with van der Waals surface area (Å²) in [5.74, 6) is 1.70. The van der Waals surface area contributed by atoms with E-state index in [9.17, 15) is 4.39 Å². The molecule has 0 spiro atoms. The lowest BCUT2D eigenvalue weighted by Gasteiger charge is -2.14. The van der Waals surface area contributed by atoms with Crippen molar-refractivity contribution in [3.8, 4) is 27.7 Å². The van der Waals surface area contributed by atoms with Crippen molar-refractivity contribution in [3.05, 3.63) is 41.9 Å². The zero-order chi connectivity index (χ0) is 18.4. The van der Waals surface area contributed by atoms with Crippen LogP contribution >= 0.6 is 11.5 Å². The maximum Gasteiger partial charge on any atom is 0.164 e. The Balaban J connectivity index is 2.56. The average molecular weight is 363 g/mol. The van der Waals surface area contributed by atoms with Gasteiger partial charge in [-0.05, 0) is 42.6 Å². The topological polar surface area (TPSA) is 40.6 Å². The van der Waals surface area contributed by atoms with Gasteiger partial charge in [-0.1, -0.05) is 13.0 Å². The number of benzene rings is 1. The predicted octanol–water partition coefficient (Wildman–Crippen LogP) is 5.50. The Kier molecular flexibility index (Phi) is 6.58. The first-order valence-corrected chi connectivity index (χ1v) is 8.61. The highest BCUT2D eigenvalue weighted by atomic mass is 32.1. The molecule has 2 aromatic rings. The zero-order valence-corrected chi connectivity index (χ0v) is 15.9. The predicted molar refractivity (Wildman–Crippen MR) is 100 cm³/mol. The summed E-state index contributed by atoms with van der Waals surface area (Å²) < 4.78 is 34.0. The molecule has 0 saturated carbocycles. The van der Waals surface area contributed by atoms with E-state index in [2.05, 4.69) is 4.37 Å². The molecule has 4 nitrogen and oxygen atoms in total. The summed E-state index contributed by atoms with van der Waals surface area (Å²) in [5, 5.41) is 0. The van der Waals surface area contributed by atoms with Gasteiger partial charge in [0.2, 0.25) is 0 Å². The SMILES string of the molecule is CC/C(F)=C\C=C(/C)c1cnsc1-c1cc(OC)c(OC)cc1OC. The Hall–Kier alpha value is -2.34. The van der Waals surface area contributed by atoms with Crippen LogP contribution in [0.4, 0.5) is 4.39 Å². The highest BCUT2D eigenvalue weighted by molar-refractivity contribution is 7.10. The van der Waals surface area contributed by atoms with E-state index in [-0.39, 0.29) is 5.83 Å². The third-order valence-corrected chi connectivity index (χ3v) is 4.63. The summed E-state index contributed by atoms with van der Waals surface area (Å²) in [6.07, 6.45) is 5.41. The van der Waals surface area contributed by atoms with Crippen LogP contribution in [0.2, 0.25) is 0 Å². The van der Waals surface area contributed by atoms with Crippen molar-refractivity contribution in [2.24, 2.45) is 0 Å². The minimum absolute atomic E-state index is 0.159. The molecule has 0 N–H and O–H groups in total. The van der Waals surface area contributed by atoms with Gasteiger partial charge in [-0.2, -0.15) is 4.37 Å². The maximum atomic E-state index is 13.4. The van der Waals surface area contributed by atoms with Crippen LogP contribution in [0.1, 0.15) is 25.8 Å². The van der Waals surface area contributed by atoms with E-state index in [1.165, 1.54) is 17.6 Å². The van der Waals surface area contributed by atoms with Crippen LogP contribution < -0.4 is 14.2 Å². The van der Waals surface area contributed by atoms with Gasteiger partial charge in [0.1, 0.15) is 5.75 Å². The van der Waals surface area contributed by atoms with Gasteiger partial charge in [0.25, 0.3) is 0 Å². The van der Waals surface area contributed by atoms with Gasteiger partial charge >= 0.3 is 0 Å². The van der Waals surface area contributed by atoms with Crippen LogP contribution in [0.5, 0.6) is 17.2 Å². The molecule has 0 aliphatic rings. The van der Waals surface area contributed by atoms with E-state index in [0.717, 1.165) is 21.6 Å². The fourth-order valence-electron chi connectivity index (χ4n) is 2.34. The Labute approximate surface area is 151 Å². The molecule has 0 unspecified atom stereocenters. The van der Waals surface area contributed by atoms with E-state index >= 15 is 0 Å². The largest absolute Gasteiger partial charge is 0.496 e. The van der Waals surface area contributed by atoms with Gasteiger partial charge in [-0.15, -0.1) is 0 Å². The molecule has 1 aromatic carbocycles. The number of ether oxygens (including phenoxy) is 3. The van der Waals surface area contributed by atoms with E-state index in [0.29, 0.717) is 23.7 Å². The van der Waals surface area contributed by atoms with E-state index in [4.69, 9.17) is 14.2 Å². The molecule has 0 amide bonds. The fourth-order valence-corrected chi connectivity index (χ4v) is 3.18. The van der Waals surface area contributed by atoms with Crippen molar-refractivity contribution in [2.45, 2.75) is 20.3 Å². The second-order valence-electron chi connectivity index (χ2n) is 5.29. The van der Waals surface area contributed by atoms with Gasteiger partial charge in [0, 0.05) is 23.4 Å². The molecule has 0 saturated heterocycles. The molecule has 134 valence electrons. The first-order valence-electron chi connectivity index (χ1n) is 7.84. The second kappa shape index (κ2) is 8.67. The Bertz CT molecular complexity index is 796. The summed E-state index contributed by atoms with van der Waals surface area (Å²) in [5.41, 5.74) is 2.70. The van der Waals surface area contributed by atoms with Crippen molar-refractivity contribution in [2.75, 3.05) is 21.3 Å². The molecule has 6 heteroatoms. The van der Waals surface area contributed by atoms with Gasteiger partial charge in [0.05, 0.1) is 32.0 Å². The van der Waals surface area contributed by atoms with Crippen LogP contribution in [0.25, 0.3) is 16.0 Å². The lowest BCUT2D eigenvalue weighted by molar-refractivity contribution is 0.349. The summed E-state index contributed by atoms with van der Waals surface area (Å²) in [6, 6.07) is 3.65. The molecule has 25 heavy (non-hydrogen) atoms. The third-order valence-electron chi connectivity index (χ3n) is 3.80. The smallest absolute Gasteiger partial charge is 0.164 e. The van der Waals surface area contributed by atoms with E-state index < -0.39 is 0 Å². The molecule has 0 bridgehead atoms. The Morgan fingerprint density at radius 1 is 1.08 bits per heavy atom. The van der Waals surface area contributed by atoms with Crippen molar-refractivity contribution in [3.63, 3.8) is 0 Å². The summed E-state index contributed by atoms with van der Waals surface area (Å²) in [6.45, 7) is 3.71. The summed E-state index contributed by atoms with van der Waals surface area (Å²) in [4.78, 5) is 0.928. The standard InChI is InChI=1S/C19H22FNO3S/c1-6-13(20)8-7-12(2)15-11-21-25-19(15)14-9-17(23-4)18(24-5)10-16(14)22-3/h7-11H,6H2,1-5H3/b12-7+,13-8+. The van der Waals surface area contributed by atoms with Crippen LogP contribution in [-0.2, 0) is 0 Å². The minimum atomic E-state index is -0.159. The molecular weight excluding hydrogens is 341 g/mol. The van der Waals surface area contributed by atoms with E-state index in [1.807, 2.05) is 13.0 Å². The van der Waals surface area contributed by atoms with Crippen LogP contribution in [-0.4, -0.2) is 25.7 Å². The minimum Gasteiger partial charge on any atom is -0.496 e. The first kappa shape index (κ1) is 19.0. The number of halogens is 1. The van der Waals surface area contributed by atoms with Gasteiger partial charge in [-0.3, -0.25) is 0 Å². The van der Waals surface area contributed by atoms with Crippen LogP contribution in [0, 0.1) is 0 Å². The van der Waals surface area contributed by atoms with Crippen LogP contribution in [0.15, 0.2) is 36.3 Å². The highest BCUT2D eigenvalue weighted by Gasteiger charge is 2.18. The lowest BCUT2D eigenvalue weighted by atomic mass is 10.0. The molecule has 1 heterocycles. The first-order chi connectivity index (χ1) is 12.0. The Morgan fingerprint density at radius 3 is 2.32 bits per heavy atom. The van der Waals surface area contributed by atoms with Gasteiger partial charge < -0.3 is 14.2 Å². The molecule has 0 atom stereocenters. The number of nitrogens with zero attached hydrogens (tertiary/aromatic N) is 1. The molecule has 1 aromatic heterocycles. The quantitative estimate of drug-likeness (QED) is 0.609. The monoisotopic (exact) mass is 363 g/mol. The van der Waals surface area contributed by atoms with Crippen LogP contribution in [0.3, 0.4) is 0 Å². The number of allylic oxidation sites excluding steroid dienone is 4. The van der Waals surface area contributed by atoms with Gasteiger partial charge in [-0.25, -0.2) is 4.39 Å². The maximum absolute atomic E-state index is 13.4. The van der Waals surface area contributed by atoms with Crippen molar-refractivity contribution >= 4 is 17.1 Å². The van der Waals surface area contributed by atoms with E-state index in [1.54, 1.807) is 46.6 Å². The summed E-state index contributed by atoms with van der Waals surface area (Å²) in [7, 11) is 4.77. The lowest BCUT2D eigenvalue weighted by Crippen LogP contribution is -1.95. The summed E-state index contributed by atoms with van der Waals surface area (Å²) >= 11 is 1.35. The number of hydrogen-bond donors (Lipinski definition) is 0. The molecular formula is C19H22FNO3S. The number of methoxy groups -OCH3 is 3. The number of aromatic nitrogens is 1. The number of rotatable bonds is 7. The average Bonchev–Trinajstić information content (AvgIpc) is 3.14. The second-order valence-corrected chi connectivity index (χ2v) is 6.09. The molecule has 2 rings (SSSR count). The normalized spacial score (nSPS) is 12.2. The third kappa shape index (κ3) is 4.20. The fraction of sp³-hybridized carbons (Fsp3) is 0.316. The van der Waals surface area contributed by atoms with Gasteiger partial charge in [0.15, 0.2) is 11.5 Å². The van der Waals surface area contributed by atoms with Crippen molar-refractivity contribution < 1.29 is 18.6 Å². The highest BCUT2D eigenvalue weighted by Crippen LogP contribution is 2.43. The number of hydrogen-bond acceptors (Lipinski definition) is 5. The molecule has 0 aliphatic carbocycles. The Morgan fingerprint density at radius 2 is 1.72 bits per heavy atom. The zero-order valence-electron chi connectivity index (χ0n) is 15.1. The van der Waals surface area contributed by atoms with Crippen molar-refractivity contribution in [1.82, 2.24) is 4.37 Å². The van der Waals surface area contributed by atoms with Crippen molar-refractivity contribution in [1.29, 1.82) is 0 Å². The molecule has 0 fully saturated rings.